The van der Waals surface area contributed by atoms with Gasteiger partial charge in [0.2, 0.25) is 15.9 Å². The second kappa shape index (κ2) is 10.6. The molecule has 8 heteroatoms. The molecule has 2 aromatic rings. The molecule has 0 atom stereocenters. The van der Waals surface area contributed by atoms with Crippen LogP contribution in [0.25, 0.3) is 0 Å². The maximum absolute atomic E-state index is 12.6. The van der Waals surface area contributed by atoms with Crippen LogP contribution in [0.1, 0.15) is 31.7 Å². The van der Waals surface area contributed by atoms with Crippen LogP contribution in [0.5, 0.6) is 5.75 Å². The topological polar surface area (TPSA) is 78.9 Å². The molecule has 1 fully saturated rings. The van der Waals surface area contributed by atoms with Crippen LogP contribution in [-0.2, 0) is 21.4 Å². The highest BCUT2D eigenvalue weighted by Gasteiger charge is 2.19. The minimum Gasteiger partial charge on any atom is -0.494 e. The van der Waals surface area contributed by atoms with Crippen LogP contribution in [0.4, 0.5) is 5.69 Å². The molecular formula is C23H31N3O4S. The van der Waals surface area contributed by atoms with Gasteiger partial charge in [0.25, 0.3) is 0 Å². The summed E-state index contributed by atoms with van der Waals surface area (Å²) in [4.78, 5) is 16.7. The molecule has 0 bridgehead atoms. The minimum atomic E-state index is -3.67. The number of para-hydroxylation sites is 1. The number of rotatable bonds is 10. The summed E-state index contributed by atoms with van der Waals surface area (Å²) in [7, 11) is -1.92. The molecule has 7 nitrogen and oxygen atoms in total. The van der Waals surface area contributed by atoms with Gasteiger partial charge in [-0.25, -0.2) is 13.1 Å². The molecule has 2 aromatic carbocycles. The Balaban J connectivity index is 1.52. The van der Waals surface area contributed by atoms with E-state index in [1.54, 1.807) is 24.1 Å². The second-order valence-electron chi connectivity index (χ2n) is 7.62. The predicted octanol–water partition coefficient (Wildman–Crippen LogP) is 3.01. The van der Waals surface area contributed by atoms with Crippen LogP contribution in [-0.4, -0.2) is 52.5 Å². The molecule has 1 heterocycles. The highest BCUT2D eigenvalue weighted by molar-refractivity contribution is 7.89. The number of hydrogen-bond acceptors (Lipinski definition) is 5. The molecule has 3 rings (SSSR count). The molecule has 168 valence electrons. The van der Waals surface area contributed by atoms with Crippen molar-refractivity contribution in [2.45, 2.75) is 37.6 Å². The third-order valence-electron chi connectivity index (χ3n) is 5.35. The molecule has 0 aromatic heterocycles. The van der Waals surface area contributed by atoms with Gasteiger partial charge >= 0.3 is 0 Å². The molecular weight excluding hydrogens is 414 g/mol. The number of anilines is 1. The van der Waals surface area contributed by atoms with Gasteiger partial charge in [-0.1, -0.05) is 18.2 Å². The van der Waals surface area contributed by atoms with E-state index in [2.05, 4.69) is 15.7 Å². The molecule has 1 saturated heterocycles. The molecule has 1 N–H and O–H groups in total. The third-order valence-corrected chi connectivity index (χ3v) is 6.82. The van der Waals surface area contributed by atoms with Crippen LogP contribution in [0.2, 0.25) is 0 Å². The Kier molecular flexibility index (Phi) is 7.92. The molecule has 0 radical (unpaired) electrons. The zero-order chi connectivity index (χ0) is 22.3. The lowest BCUT2D eigenvalue weighted by Gasteiger charge is -2.24. The van der Waals surface area contributed by atoms with Crippen LogP contribution in [0.3, 0.4) is 0 Å². The summed E-state index contributed by atoms with van der Waals surface area (Å²) >= 11 is 0. The minimum absolute atomic E-state index is 0.0481. The first kappa shape index (κ1) is 23.1. The van der Waals surface area contributed by atoms with Crippen LogP contribution >= 0.6 is 0 Å². The van der Waals surface area contributed by atoms with Gasteiger partial charge in [-0.3, -0.25) is 4.79 Å². The SMILES string of the molecule is CCOc1ccc(S(=O)(=O)NCCC(=O)N(C)Cc2ccccc2N2CCCC2)cc1. The molecule has 1 amide bonds. The lowest BCUT2D eigenvalue weighted by Crippen LogP contribution is -2.32. The molecule has 1 aliphatic heterocycles. The standard InChI is InChI=1S/C23H31N3O4S/c1-3-30-20-10-12-21(13-11-20)31(28,29)24-15-14-23(27)25(2)18-19-8-4-5-9-22(19)26-16-6-7-17-26/h4-5,8-13,24H,3,6-7,14-18H2,1-2H3. The fourth-order valence-corrected chi connectivity index (χ4v) is 4.73. The van der Waals surface area contributed by atoms with E-state index in [1.165, 1.54) is 30.7 Å². The first-order chi connectivity index (χ1) is 14.9. The number of amides is 1. The van der Waals surface area contributed by atoms with Crippen molar-refractivity contribution < 1.29 is 17.9 Å². The highest BCUT2D eigenvalue weighted by Crippen LogP contribution is 2.25. The van der Waals surface area contributed by atoms with Gasteiger partial charge in [0, 0.05) is 45.3 Å². The number of carbonyl (C=O) groups is 1. The Labute approximate surface area is 185 Å². The van der Waals surface area contributed by atoms with Crippen LogP contribution < -0.4 is 14.4 Å². The van der Waals surface area contributed by atoms with E-state index in [-0.39, 0.29) is 23.8 Å². The van der Waals surface area contributed by atoms with Crippen molar-refractivity contribution in [1.29, 1.82) is 0 Å². The van der Waals surface area contributed by atoms with Crippen LogP contribution in [0, 0.1) is 0 Å². The van der Waals surface area contributed by atoms with Crippen molar-refractivity contribution in [3.8, 4) is 5.75 Å². The van der Waals surface area contributed by atoms with Gasteiger partial charge in [0.05, 0.1) is 11.5 Å². The summed E-state index contributed by atoms with van der Waals surface area (Å²) in [5.74, 6) is 0.512. The van der Waals surface area contributed by atoms with Gasteiger partial charge in [-0.2, -0.15) is 0 Å². The first-order valence-electron chi connectivity index (χ1n) is 10.7. The summed E-state index contributed by atoms with van der Waals surface area (Å²) < 4.78 is 32.7. The van der Waals surface area contributed by atoms with Crippen molar-refractivity contribution in [3.63, 3.8) is 0 Å². The lowest BCUT2D eigenvalue weighted by atomic mass is 10.1. The maximum atomic E-state index is 12.6. The Hall–Kier alpha value is -2.58. The van der Waals surface area contributed by atoms with E-state index in [1.807, 2.05) is 25.1 Å². The van der Waals surface area contributed by atoms with Gasteiger partial charge in [0.1, 0.15) is 5.75 Å². The Morgan fingerprint density at radius 3 is 2.45 bits per heavy atom. The number of benzene rings is 2. The Morgan fingerprint density at radius 2 is 1.77 bits per heavy atom. The van der Waals surface area contributed by atoms with Crippen molar-refractivity contribution in [3.05, 3.63) is 54.1 Å². The molecule has 0 unspecified atom stereocenters. The zero-order valence-corrected chi connectivity index (χ0v) is 19.0. The Bertz CT molecular complexity index is 971. The summed E-state index contributed by atoms with van der Waals surface area (Å²) in [5, 5.41) is 0. The average Bonchev–Trinajstić information content (AvgIpc) is 3.29. The number of hydrogen-bond donors (Lipinski definition) is 1. The summed E-state index contributed by atoms with van der Waals surface area (Å²) in [6.45, 7) is 5.02. The van der Waals surface area contributed by atoms with Gasteiger partial charge in [-0.15, -0.1) is 0 Å². The van der Waals surface area contributed by atoms with Crippen LogP contribution in [0.15, 0.2) is 53.4 Å². The first-order valence-corrected chi connectivity index (χ1v) is 12.2. The second-order valence-corrected chi connectivity index (χ2v) is 9.39. The van der Waals surface area contributed by atoms with E-state index < -0.39 is 10.0 Å². The van der Waals surface area contributed by atoms with E-state index in [9.17, 15) is 13.2 Å². The van der Waals surface area contributed by atoms with Crippen molar-refractivity contribution >= 4 is 21.6 Å². The highest BCUT2D eigenvalue weighted by atomic mass is 32.2. The van der Waals surface area contributed by atoms with Gasteiger partial charge < -0.3 is 14.5 Å². The Morgan fingerprint density at radius 1 is 1.10 bits per heavy atom. The smallest absolute Gasteiger partial charge is 0.240 e. The summed E-state index contributed by atoms with van der Waals surface area (Å²) in [6, 6.07) is 14.4. The van der Waals surface area contributed by atoms with Crippen molar-refractivity contribution in [1.82, 2.24) is 9.62 Å². The number of sulfonamides is 1. The van der Waals surface area contributed by atoms with Crippen molar-refractivity contribution in [2.24, 2.45) is 0 Å². The largest absolute Gasteiger partial charge is 0.494 e. The fourth-order valence-electron chi connectivity index (χ4n) is 3.70. The molecule has 0 spiro atoms. The third kappa shape index (κ3) is 6.21. The molecule has 0 aliphatic carbocycles. The maximum Gasteiger partial charge on any atom is 0.240 e. The lowest BCUT2D eigenvalue weighted by molar-refractivity contribution is -0.130. The normalized spacial score (nSPS) is 13.9. The molecule has 0 saturated carbocycles. The number of nitrogens with zero attached hydrogens (tertiary/aromatic N) is 2. The average molecular weight is 446 g/mol. The van der Waals surface area contributed by atoms with Gasteiger partial charge in [-0.05, 0) is 55.7 Å². The van der Waals surface area contributed by atoms with E-state index in [0.29, 0.717) is 18.9 Å². The van der Waals surface area contributed by atoms with Crippen molar-refractivity contribution in [2.75, 3.05) is 38.2 Å². The van der Waals surface area contributed by atoms with E-state index >= 15 is 0 Å². The number of nitrogens with one attached hydrogen (secondary N) is 1. The zero-order valence-electron chi connectivity index (χ0n) is 18.2. The number of ether oxygens (including phenoxy) is 1. The molecule has 31 heavy (non-hydrogen) atoms. The fraction of sp³-hybridized carbons (Fsp3) is 0.435. The van der Waals surface area contributed by atoms with E-state index in [0.717, 1.165) is 18.7 Å². The van der Waals surface area contributed by atoms with Gasteiger partial charge in [0.15, 0.2) is 0 Å². The quantitative estimate of drug-likeness (QED) is 0.608. The molecule has 1 aliphatic rings. The summed E-state index contributed by atoms with van der Waals surface area (Å²) in [6.07, 6.45) is 2.48. The predicted molar refractivity (Wildman–Crippen MR) is 122 cm³/mol. The van der Waals surface area contributed by atoms with E-state index in [4.69, 9.17) is 4.74 Å². The number of carbonyl (C=O) groups excluding carboxylic acids is 1. The summed E-state index contributed by atoms with van der Waals surface area (Å²) in [5.41, 5.74) is 2.28. The monoisotopic (exact) mass is 445 g/mol.